The molecule has 0 saturated carbocycles. The molecular formula is C25H27Cl3N4O5. The standard InChI is InChI=1S/C25H27Cl3N4O5/c1-2-13-35-21-19(16-34-14-17-9-5-3-6-10-17)37-23(30-24(33)25(26,27)28)20(31-32-29)22(21)36-15-18-11-7-4-8-12-18/h2-12,19-23H,1,13-16H2,(H,30,33)/t19-,20-,21-,22-,23+/m1/s1. The Bertz CT molecular complexity index is 1050. The van der Waals surface area contributed by atoms with Crippen LogP contribution < -0.4 is 5.32 Å². The van der Waals surface area contributed by atoms with E-state index in [1.807, 2.05) is 60.7 Å². The van der Waals surface area contributed by atoms with Crippen molar-refractivity contribution >= 4 is 40.7 Å². The first-order chi connectivity index (χ1) is 17.8. The van der Waals surface area contributed by atoms with Gasteiger partial charge in [0.05, 0.1) is 32.5 Å². The van der Waals surface area contributed by atoms with E-state index in [1.54, 1.807) is 6.08 Å². The molecule has 0 radical (unpaired) electrons. The number of nitrogens with one attached hydrogen (secondary N) is 1. The molecule has 2 aromatic rings. The van der Waals surface area contributed by atoms with Crippen molar-refractivity contribution in [1.82, 2.24) is 5.32 Å². The van der Waals surface area contributed by atoms with Gasteiger partial charge in [-0.15, -0.1) is 6.58 Å². The molecule has 198 valence electrons. The first-order valence-corrected chi connectivity index (χ1v) is 12.5. The average Bonchev–Trinajstić information content (AvgIpc) is 2.89. The second kappa shape index (κ2) is 14.6. The lowest BCUT2D eigenvalue weighted by molar-refractivity contribution is -0.227. The number of nitrogens with zero attached hydrogens (tertiary/aromatic N) is 3. The summed E-state index contributed by atoms with van der Waals surface area (Å²) in [6, 6.07) is 18.0. The van der Waals surface area contributed by atoms with Crippen molar-refractivity contribution in [3.63, 3.8) is 0 Å². The van der Waals surface area contributed by atoms with Crippen LogP contribution in [0.1, 0.15) is 11.1 Å². The van der Waals surface area contributed by atoms with Crippen LogP contribution in [0.15, 0.2) is 78.4 Å². The second-order valence-electron chi connectivity index (χ2n) is 8.11. The number of amides is 1. The lowest BCUT2D eigenvalue weighted by atomic mass is 9.95. The van der Waals surface area contributed by atoms with E-state index in [9.17, 15) is 10.3 Å². The van der Waals surface area contributed by atoms with Crippen LogP contribution in [-0.4, -0.2) is 53.5 Å². The summed E-state index contributed by atoms with van der Waals surface area (Å²) in [6.07, 6.45) is -1.94. The van der Waals surface area contributed by atoms with Gasteiger partial charge in [-0.2, -0.15) is 0 Å². The number of benzene rings is 2. The molecule has 5 atom stereocenters. The summed E-state index contributed by atoms with van der Waals surface area (Å²) in [7, 11) is 0. The van der Waals surface area contributed by atoms with Crippen LogP contribution in [0.2, 0.25) is 0 Å². The normalized spacial score (nSPS) is 23.6. The number of hydrogen-bond donors (Lipinski definition) is 1. The van der Waals surface area contributed by atoms with Crippen molar-refractivity contribution in [2.24, 2.45) is 5.11 Å². The van der Waals surface area contributed by atoms with Crippen LogP contribution in [0.25, 0.3) is 10.4 Å². The summed E-state index contributed by atoms with van der Waals surface area (Å²) >= 11 is 17.3. The molecule has 0 unspecified atom stereocenters. The molecule has 0 bridgehead atoms. The fourth-order valence-electron chi connectivity index (χ4n) is 3.78. The summed E-state index contributed by atoms with van der Waals surface area (Å²) in [5.41, 5.74) is 11.2. The van der Waals surface area contributed by atoms with Crippen LogP contribution in [0.4, 0.5) is 0 Å². The van der Waals surface area contributed by atoms with E-state index in [2.05, 4.69) is 21.9 Å². The molecule has 1 amide bonds. The minimum atomic E-state index is -2.26. The highest BCUT2D eigenvalue weighted by molar-refractivity contribution is 6.76. The first kappa shape index (κ1) is 29.2. The van der Waals surface area contributed by atoms with Crippen molar-refractivity contribution in [2.45, 2.75) is 47.6 Å². The van der Waals surface area contributed by atoms with Gasteiger partial charge in [0.1, 0.15) is 24.5 Å². The molecular weight excluding hydrogens is 543 g/mol. The molecule has 0 aromatic heterocycles. The summed E-state index contributed by atoms with van der Waals surface area (Å²) in [5, 5.41) is 6.36. The number of hydrogen-bond acceptors (Lipinski definition) is 6. The van der Waals surface area contributed by atoms with Gasteiger partial charge in [0.25, 0.3) is 9.70 Å². The van der Waals surface area contributed by atoms with Crippen molar-refractivity contribution < 1.29 is 23.7 Å². The number of carbonyl (C=O) groups excluding carboxylic acids is 1. The lowest BCUT2D eigenvalue weighted by Gasteiger charge is -2.45. The van der Waals surface area contributed by atoms with Crippen molar-refractivity contribution in [2.75, 3.05) is 13.2 Å². The third kappa shape index (κ3) is 8.88. The second-order valence-corrected chi connectivity index (χ2v) is 10.4. The zero-order chi connectivity index (χ0) is 26.7. The fraction of sp³-hybridized carbons (Fsp3) is 0.400. The molecule has 37 heavy (non-hydrogen) atoms. The molecule has 12 heteroatoms. The molecule has 2 aromatic carbocycles. The number of carbonyl (C=O) groups is 1. The molecule has 1 heterocycles. The zero-order valence-corrected chi connectivity index (χ0v) is 22.1. The maximum atomic E-state index is 12.5. The largest absolute Gasteiger partial charge is 0.374 e. The van der Waals surface area contributed by atoms with Gasteiger partial charge < -0.3 is 24.3 Å². The first-order valence-electron chi connectivity index (χ1n) is 11.4. The van der Waals surface area contributed by atoms with E-state index in [1.165, 1.54) is 0 Å². The van der Waals surface area contributed by atoms with Crippen LogP contribution in [0.3, 0.4) is 0 Å². The minimum absolute atomic E-state index is 0.0744. The average molecular weight is 570 g/mol. The van der Waals surface area contributed by atoms with E-state index >= 15 is 0 Å². The summed E-state index contributed by atoms with van der Waals surface area (Å²) in [6.45, 7) is 4.45. The highest BCUT2D eigenvalue weighted by Gasteiger charge is 2.49. The fourth-order valence-corrected chi connectivity index (χ4v) is 3.95. The number of rotatable bonds is 12. The van der Waals surface area contributed by atoms with Crippen molar-refractivity contribution in [3.8, 4) is 0 Å². The number of azide groups is 1. The van der Waals surface area contributed by atoms with Crippen LogP contribution in [-0.2, 0) is 37.0 Å². The lowest BCUT2D eigenvalue weighted by Crippen LogP contribution is -2.64. The van der Waals surface area contributed by atoms with Crippen molar-refractivity contribution in [3.05, 3.63) is 94.9 Å². The zero-order valence-electron chi connectivity index (χ0n) is 19.8. The van der Waals surface area contributed by atoms with Gasteiger partial charge in [-0.25, -0.2) is 0 Å². The summed E-state index contributed by atoms with van der Waals surface area (Å²) in [4.78, 5) is 15.4. The Morgan fingerprint density at radius 1 is 1.05 bits per heavy atom. The van der Waals surface area contributed by atoms with E-state index in [0.29, 0.717) is 6.61 Å². The maximum Gasteiger partial charge on any atom is 0.274 e. The number of alkyl halides is 3. The smallest absolute Gasteiger partial charge is 0.274 e. The molecule has 3 rings (SSSR count). The highest BCUT2D eigenvalue weighted by atomic mass is 35.6. The van der Waals surface area contributed by atoms with Crippen LogP contribution in [0, 0.1) is 0 Å². The Hall–Kier alpha value is -2.33. The van der Waals surface area contributed by atoms with Gasteiger partial charge in [-0.1, -0.05) is 107 Å². The SMILES string of the molecule is C=CCO[C@H]1[C@H](OCc2ccccc2)[C@@H](N=[N+]=[N-])[C@@H](NC(=O)C(Cl)(Cl)Cl)O[C@@H]1COCc1ccccc1. The maximum absolute atomic E-state index is 12.5. The quantitative estimate of drug-likeness (QED) is 0.123. The molecule has 9 nitrogen and oxygen atoms in total. The predicted molar refractivity (Wildman–Crippen MR) is 141 cm³/mol. The predicted octanol–water partition coefficient (Wildman–Crippen LogP) is 5.25. The van der Waals surface area contributed by atoms with Gasteiger partial charge in [-0.05, 0) is 16.7 Å². The summed E-state index contributed by atoms with van der Waals surface area (Å²) < 4.78 is 22.0. The van der Waals surface area contributed by atoms with E-state index in [4.69, 9.17) is 53.8 Å². The van der Waals surface area contributed by atoms with Crippen LogP contribution in [0.5, 0.6) is 0 Å². The summed E-state index contributed by atoms with van der Waals surface area (Å²) in [5.74, 6) is -0.947. The molecule has 1 saturated heterocycles. The molecule has 0 aliphatic carbocycles. The third-order valence-corrected chi connectivity index (χ3v) is 5.97. The van der Waals surface area contributed by atoms with Gasteiger partial charge in [0.2, 0.25) is 0 Å². The molecule has 1 N–H and O–H groups in total. The number of halogens is 3. The Balaban J connectivity index is 1.88. The molecule has 0 spiro atoms. The Morgan fingerprint density at radius 3 is 2.24 bits per heavy atom. The molecule has 1 aliphatic rings. The minimum Gasteiger partial charge on any atom is -0.374 e. The van der Waals surface area contributed by atoms with E-state index < -0.39 is 40.3 Å². The van der Waals surface area contributed by atoms with Gasteiger partial charge in [-0.3, -0.25) is 4.79 Å². The van der Waals surface area contributed by atoms with E-state index in [0.717, 1.165) is 11.1 Å². The Kier molecular flexibility index (Phi) is 11.5. The molecule has 1 fully saturated rings. The third-order valence-electron chi connectivity index (χ3n) is 5.46. The topological polar surface area (TPSA) is 115 Å². The van der Waals surface area contributed by atoms with E-state index in [-0.39, 0.29) is 19.8 Å². The van der Waals surface area contributed by atoms with Crippen molar-refractivity contribution in [1.29, 1.82) is 0 Å². The monoisotopic (exact) mass is 568 g/mol. The number of ether oxygens (including phenoxy) is 4. The van der Waals surface area contributed by atoms with Gasteiger partial charge in [0.15, 0.2) is 0 Å². The highest BCUT2D eigenvalue weighted by Crippen LogP contribution is 2.31. The van der Waals surface area contributed by atoms with Gasteiger partial charge in [0, 0.05) is 4.91 Å². The Labute approximate surface area is 230 Å². The van der Waals surface area contributed by atoms with Gasteiger partial charge >= 0.3 is 0 Å². The van der Waals surface area contributed by atoms with Crippen LogP contribution >= 0.6 is 34.8 Å². The Morgan fingerprint density at radius 2 is 1.68 bits per heavy atom. The molecule has 1 aliphatic heterocycles.